The van der Waals surface area contributed by atoms with Gasteiger partial charge < -0.3 is 10.1 Å². The Morgan fingerprint density at radius 1 is 1.19 bits per heavy atom. The fourth-order valence-electron chi connectivity index (χ4n) is 2.86. The number of benzene rings is 1. The van der Waals surface area contributed by atoms with Gasteiger partial charge in [0, 0.05) is 16.4 Å². The van der Waals surface area contributed by atoms with Crippen molar-refractivity contribution in [2.75, 3.05) is 13.2 Å². The minimum absolute atomic E-state index is 0.191. The molecule has 0 unspecified atom stereocenters. The first-order valence-electron chi connectivity index (χ1n) is 7.85. The van der Waals surface area contributed by atoms with Gasteiger partial charge in [-0.15, -0.1) is 0 Å². The van der Waals surface area contributed by atoms with E-state index in [-0.39, 0.29) is 11.0 Å². The summed E-state index contributed by atoms with van der Waals surface area (Å²) in [6.07, 6.45) is 3.25. The van der Waals surface area contributed by atoms with Crippen LogP contribution in [0.15, 0.2) is 16.6 Å². The molecule has 1 aromatic carbocycles. The molecule has 0 radical (unpaired) electrons. The van der Waals surface area contributed by atoms with Crippen LogP contribution in [0.1, 0.15) is 52.2 Å². The maximum Gasteiger partial charge on any atom is 0.125 e. The van der Waals surface area contributed by atoms with Crippen LogP contribution in [-0.2, 0) is 12.8 Å². The first kappa shape index (κ1) is 16.8. The molecule has 0 amide bonds. The molecule has 2 nitrogen and oxygen atoms in total. The van der Waals surface area contributed by atoms with Crippen molar-refractivity contribution in [3.8, 4) is 5.75 Å². The second-order valence-electron chi connectivity index (χ2n) is 7.92. The lowest BCUT2D eigenvalue weighted by atomic mass is 9.82. The van der Waals surface area contributed by atoms with E-state index >= 15 is 0 Å². The number of nitrogens with one attached hydrogen (secondary N) is 1. The van der Waals surface area contributed by atoms with Crippen LogP contribution < -0.4 is 10.1 Å². The van der Waals surface area contributed by atoms with E-state index in [0.717, 1.165) is 38.2 Å². The maximum atomic E-state index is 5.85. The molecule has 0 saturated carbocycles. The van der Waals surface area contributed by atoms with E-state index in [2.05, 4.69) is 68.0 Å². The molecule has 2 rings (SSSR count). The van der Waals surface area contributed by atoms with Gasteiger partial charge in [0.15, 0.2) is 0 Å². The Morgan fingerprint density at radius 3 is 2.57 bits per heavy atom. The normalized spacial score (nSPS) is 15.0. The molecule has 1 aliphatic heterocycles. The molecule has 1 N–H and O–H groups in total. The van der Waals surface area contributed by atoms with Crippen molar-refractivity contribution < 1.29 is 4.74 Å². The monoisotopic (exact) mass is 353 g/mol. The SMILES string of the molecule is CC(C)(CCNC(C)(C)C)Cc1cc(Br)cc2c1OCC2. The van der Waals surface area contributed by atoms with E-state index < -0.39 is 0 Å². The Labute approximate surface area is 137 Å². The molecular weight excluding hydrogens is 326 g/mol. The molecule has 1 aromatic rings. The smallest absolute Gasteiger partial charge is 0.125 e. The van der Waals surface area contributed by atoms with Gasteiger partial charge in [0.2, 0.25) is 0 Å². The zero-order chi connectivity index (χ0) is 15.7. The van der Waals surface area contributed by atoms with E-state index in [1.807, 2.05) is 0 Å². The van der Waals surface area contributed by atoms with Crippen LogP contribution >= 0.6 is 15.9 Å². The van der Waals surface area contributed by atoms with Gasteiger partial charge in [0.25, 0.3) is 0 Å². The number of hydrogen-bond donors (Lipinski definition) is 1. The summed E-state index contributed by atoms with van der Waals surface area (Å²) in [5.74, 6) is 1.13. The molecule has 0 fully saturated rings. The predicted molar refractivity (Wildman–Crippen MR) is 93.2 cm³/mol. The molecule has 3 heteroatoms. The van der Waals surface area contributed by atoms with Crippen molar-refractivity contribution in [3.05, 3.63) is 27.7 Å². The van der Waals surface area contributed by atoms with Gasteiger partial charge in [-0.25, -0.2) is 0 Å². The summed E-state index contributed by atoms with van der Waals surface area (Å²) in [4.78, 5) is 0. The standard InChI is InChI=1S/C18H28BrNO/c1-17(2,3)20-8-7-18(4,5)12-14-11-15(19)10-13-6-9-21-16(13)14/h10-11,20H,6-9,12H2,1-5H3. The maximum absolute atomic E-state index is 5.85. The van der Waals surface area contributed by atoms with Crippen LogP contribution in [0.2, 0.25) is 0 Å². The molecule has 0 spiro atoms. The molecule has 0 saturated heterocycles. The Kier molecular flexibility index (Phi) is 5.04. The first-order chi connectivity index (χ1) is 9.66. The first-order valence-corrected chi connectivity index (χ1v) is 8.65. The highest BCUT2D eigenvalue weighted by Crippen LogP contribution is 2.37. The minimum atomic E-state index is 0.191. The van der Waals surface area contributed by atoms with Gasteiger partial charge in [0.05, 0.1) is 6.61 Å². The third-order valence-corrected chi connectivity index (χ3v) is 4.41. The Hall–Kier alpha value is -0.540. The van der Waals surface area contributed by atoms with E-state index in [4.69, 9.17) is 4.74 Å². The van der Waals surface area contributed by atoms with Crippen molar-refractivity contribution in [2.24, 2.45) is 5.41 Å². The quantitative estimate of drug-likeness (QED) is 0.825. The van der Waals surface area contributed by atoms with E-state index in [9.17, 15) is 0 Å². The van der Waals surface area contributed by atoms with Crippen molar-refractivity contribution in [3.63, 3.8) is 0 Å². The lowest BCUT2D eigenvalue weighted by molar-refractivity contribution is 0.295. The average molecular weight is 354 g/mol. The topological polar surface area (TPSA) is 21.3 Å². The van der Waals surface area contributed by atoms with E-state index in [0.29, 0.717) is 0 Å². The second kappa shape index (κ2) is 6.29. The molecule has 1 aliphatic rings. The summed E-state index contributed by atoms with van der Waals surface area (Å²) < 4.78 is 7.02. The summed E-state index contributed by atoms with van der Waals surface area (Å²) in [5, 5.41) is 3.59. The third-order valence-electron chi connectivity index (χ3n) is 3.95. The Balaban J connectivity index is 2.03. The average Bonchev–Trinajstić information content (AvgIpc) is 2.73. The second-order valence-corrected chi connectivity index (χ2v) is 8.84. The summed E-state index contributed by atoms with van der Waals surface area (Å²) in [6, 6.07) is 4.42. The number of rotatable bonds is 5. The van der Waals surface area contributed by atoms with Gasteiger partial charge in [-0.1, -0.05) is 29.8 Å². The number of fused-ring (bicyclic) bond motifs is 1. The fourth-order valence-corrected chi connectivity index (χ4v) is 3.41. The highest BCUT2D eigenvalue weighted by atomic mass is 79.9. The van der Waals surface area contributed by atoms with Gasteiger partial charge in [0.1, 0.15) is 5.75 Å². The Morgan fingerprint density at radius 2 is 1.90 bits per heavy atom. The minimum Gasteiger partial charge on any atom is -0.493 e. The highest BCUT2D eigenvalue weighted by Gasteiger charge is 2.24. The van der Waals surface area contributed by atoms with Crippen LogP contribution in [-0.4, -0.2) is 18.7 Å². The van der Waals surface area contributed by atoms with Gasteiger partial charge in [-0.3, -0.25) is 0 Å². The highest BCUT2D eigenvalue weighted by molar-refractivity contribution is 9.10. The summed E-state index contributed by atoms with van der Waals surface area (Å²) >= 11 is 3.63. The van der Waals surface area contributed by atoms with Crippen LogP contribution in [0.25, 0.3) is 0 Å². The number of ether oxygens (including phenoxy) is 1. The van der Waals surface area contributed by atoms with Gasteiger partial charge in [-0.2, -0.15) is 0 Å². The van der Waals surface area contributed by atoms with Crippen molar-refractivity contribution in [2.45, 2.75) is 59.4 Å². The molecule has 0 aliphatic carbocycles. The fraction of sp³-hybridized carbons (Fsp3) is 0.667. The van der Waals surface area contributed by atoms with E-state index in [1.165, 1.54) is 15.6 Å². The molecular formula is C18H28BrNO. The number of hydrogen-bond acceptors (Lipinski definition) is 2. The summed E-state index contributed by atoms with van der Waals surface area (Å²) in [7, 11) is 0. The molecule has 0 aromatic heterocycles. The molecule has 118 valence electrons. The summed E-state index contributed by atoms with van der Waals surface area (Å²) in [6.45, 7) is 13.2. The van der Waals surface area contributed by atoms with Crippen molar-refractivity contribution in [1.29, 1.82) is 0 Å². The lowest BCUT2D eigenvalue weighted by Gasteiger charge is -2.28. The molecule has 0 atom stereocenters. The van der Waals surface area contributed by atoms with Crippen LogP contribution in [0.4, 0.5) is 0 Å². The summed E-state index contributed by atoms with van der Waals surface area (Å²) in [5.41, 5.74) is 3.15. The largest absolute Gasteiger partial charge is 0.493 e. The van der Waals surface area contributed by atoms with E-state index in [1.54, 1.807) is 0 Å². The molecule has 0 bridgehead atoms. The van der Waals surface area contributed by atoms with Gasteiger partial charge in [-0.05, 0) is 68.8 Å². The Bertz CT molecular complexity index is 503. The van der Waals surface area contributed by atoms with Crippen LogP contribution in [0.5, 0.6) is 5.75 Å². The third kappa shape index (κ3) is 5.00. The molecule has 21 heavy (non-hydrogen) atoms. The van der Waals surface area contributed by atoms with Crippen LogP contribution in [0, 0.1) is 5.41 Å². The van der Waals surface area contributed by atoms with Crippen molar-refractivity contribution in [1.82, 2.24) is 5.32 Å². The van der Waals surface area contributed by atoms with Crippen LogP contribution in [0.3, 0.4) is 0 Å². The lowest BCUT2D eigenvalue weighted by Crippen LogP contribution is -2.38. The zero-order valence-electron chi connectivity index (χ0n) is 14.0. The zero-order valence-corrected chi connectivity index (χ0v) is 15.6. The predicted octanol–water partition coefficient (Wildman–Crippen LogP) is 4.73. The number of halogens is 1. The van der Waals surface area contributed by atoms with Gasteiger partial charge >= 0.3 is 0 Å². The molecule has 1 heterocycles. The van der Waals surface area contributed by atoms with Crippen molar-refractivity contribution >= 4 is 15.9 Å².